The van der Waals surface area contributed by atoms with E-state index in [1.54, 1.807) is 16.4 Å². The minimum Gasteiger partial charge on any atom is -0.352 e. The number of sulfonamides is 1. The molecule has 0 saturated carbocycles. The number of aromatic nitrogens is 2. The molecule has 0 spiro atoms. The van der Waals surface area contributed by atoms with Crippen molar-refractivity contribution in [2.24, 2.45) is 0 Å². The van der Waals surface area contributed by atoms with E-state index >= 15 is 0 Å². The smallest absolute Gasteiger partial charge is 0.243 e. The molecule has 0 amide bonds. The van der Waals surface area contributed by atoms with Gasteiger partial charge in [0.25, 0.3) is 0 Å². The predicted molar refractivity (Wildman–Crippen MR) is 106 cm³/mol. The Hall–Kier alpha value is -2.51. The molecule has 0 unspecified atom stereocenters. The van der Waals surface area contributed by atoms with Gasteiger partial charge in [-0.2, -0.15) is 4.31 Å². The van der Waals surface area contributed by atoms with Crippen molar-refractivity contribution in [3.05, 3.63) is 59.8 Å². The van der Waals surface area contributed by atoms with Crippen LogP contribution in [-0.4, -0.2) is 48.9 Å². The first-order valence-corrected chi connectivity index (χ1v) is 10.4. The van der Waals surface area contributed by atoms with E-state index in [0.717, 1.165) is 28.1 Å². The van der Waals surface area contributed by atoms with Crippen molar-refractivity contribution in [3.63, 3.8) is 0 Å². The van der Waals surface area contributed by atoms with Crippen LogP contribution in [0.1, 0.15) is 11.3 Å². The van der Waals surface area contributed by atoms with Gasteiger partial charge in [-0.25, -0.2) is 18.4 Å². The van der Waals surface area contributed by atoms with E-state index in [-0.39, 0.29) is 0 Å². The Kier molecular flexibility index (Phi) is 4.57. The van der Waals surface area contributed by atoms with Crippen molar-refractivity contribution in [2.75, 3.05) is 31.1 Å². The van der Waals surface area contributed by atoms with Crippen LogP contribution in [0, 0.1) is 13.8 Å². The van der Waals surface area contributed by atoms with Crippen LogP contribution in [-0.2, 0) is 10.0 Å². The molecule has 7 heteroatoms. The van der Waals surface area contributed by atoms with E-state index in [0.29, 0.717) is 31.1 Å². The fraction of sp³-hybridized carbons (Fsp3) is 0.300. The van der Waals surface area contributed by atoms with Crippen LogP contribution in [0.25, 0.3) is 11.0 Å². The monoisotopic (exact) mass is 382 g/mol. The zero-order chi connectivity index (χ0) is 19.0. The van der Waals surface area contributed by atoms with Crippen molar-refractivity contribution in [2.45, 2.75) is 18.7 Å². The van der Waals surface area contributed by atoms with Gasteiger partial charge in [-0.1, -0.05) is 29.8 Å². The van der Waals surface area contributed by atoms with Crippen molar-refractivity contribution in [1.29, 1.82) is 0 Å². The third-order valence-electron chi connectivity index (χ3n) is 4.92. The maximum absolute atomic E-state index is 12.9. The summed E-state index contributed by atoms with van der Waals surface area (Å²) in [6, 6.07) is 14.8. The fourth-order valence-corrected chi connectivity index (χ4v) is 4.80. The standard InChI is InChI=1S/C20H22N4O2S/c1-15-7-9-17(10-8-15)27(25,26)24-13-11-23(12-14-24)20-16(2)21-18-5-3-4-6-19(18)22-20/h3-10H,11-14H2,1-2H3. The minimum absolute atomic E-state index is 0.350. The number of aryl methyl sites for hydroxylation is 2. The number of piperazine rings is 1. The molecule has 0 bridgehead atoms. The second-order valence-corrected chi connectivity index (χ2v) is 8.76. The Morgan fingerprint density at radius 1 is 0.815 bits per heavy atom. The summed E-state index contributed by atoms with van der Waals surface area (Å²) in [5.74, 6) is 0.834. The normalized spacial score (nSPS) is 16.0. The van der Waals surface area contributed by atoms with Crippen molar-refractivity contribution in [1.82, 2.24) is 14.3 Å². The maximum atomic E-state index is 12.9. The predicted octanol–water partition coefficient (Wildman–Crippen LogP) is 2.76. The highest BCUT2D eigenvalue weighted by molar-refractivity contribution is 7.89. The number of benzene rings is 2. The molecule has 2 heterocycles. The molecular formula is C20H22N4O2S. The van der Waals surface area contributed by atoms with Crippen LogP contribution < -0.4 is 4.90 Å². The van der Waals surface area contributed by atoms with Gasteiger partial charge in [-0.3, -0.25) is 0 Å². The highest BCUT2D eigenvalue weighted by Crippen LogP contribution is 2.23. The summed E-state index contributed by atoms with van der Waals surface area (Å²) in [6.45, 7) is 5.96. The first kappa shape index (κ1) is 17.9. The Labute approximate surface area is 159 Å². The van der Waals surface area contributed by atoms with Gasteiger partial charge in [-0.15, -0.1) is 0 Å². The van der Waals surface area contributed by atoms with Crippen LogP contribution >= 0.6 is 0 Å². The van der Waals surface area contributed by atoms with Gasteiger partial charge in [0.05, 0.1) is 21.6 Å². The molecule has 1 aromatic heterocycles. The van der Waals surface area contributed by atoms with Gasteiger partial charge < -0.3 is 4.90 Å². The lowest BCUT2D eigenvalue weighted by Gasteiger charge is -2.35. The first-order chi connectivity index (χ1) is 12.9. The van der Waals surface area contributed by atoms with Gasteiger partial charge >= 0.3 is 0 Å². The first-order valence-electron chi connectivity index (χ1n) is 9.00. The van der Waals surface area contributed by atoms with E-state index < -0.39 is 10.0 Å². The van der Waals surface area contributed by atoms with Crippen LogP contribution in [0.4, 0.5) is 5.82 Å². The van der Waals surface area contributed by atoms with Gasteiger partial charge in [0.1, 0.15) is 0 Å². The van der Waals surface area contributed by atoms with Gasteiger partial charge in [0.15, 0.2) is 5.82 Å². The molecule has 140 valence electrons. The molecule has 1 saturated heterocycles. The Morgan fingerprint density at radius 2 is 1.41 bits per heavy atom. The molecule has 27 heavy (non-hydrogen) atoms. The molecule has 1 aliphatic rings. The number of hydrogen-bond donors (Lipinski definition) is 0. The summed E-state index contributed by atoms with van der Waals surface area (Å²) in [7, 11) is -3.46. The maximum Gasteiger partial charge on any atom is 0.243 e. The molecule has 2 aromatic carbocycles. The lowest BCUT2D eigenvalue weighted by Crippen LogP contribution is -2.49. The molecule has 1 aliphatic heterocycles. The topological polar surface area (TPSA) is 66.4 Å². The third kappa shape index (κ3) is 3.40. The number of para-hydroxylation sites is 2. The van der Waals surface area contributed by atoms with E-state index in [2.05, 4.69) is 9.88 Å². The molecule has 0 atom stereocenters. The number of anilines is 1. The average Bonchev–Trinajstić information content (AvgIpc) is 2.68. The molecule has 0 radical (unpaired) electrons. The lowest BCUT2D eigenvalue weighted by molar-refractivity contribution is 0.383. The summed E-state index contributed by atoms with van der Waals surface area (Å²) in [5.41, 5.74) is 3.64. The van der Waals surface area contributed by atoms with Crippen LogP contribution in [0.2, 0.25) is 0 Å². The van der Waals surface area contributed by atoms with Gasteiger partial charge in [-0.05, 0) is 38.1 Å². The van der Waals surface area contributed by atoms with Gasteiger partial charge in [0, 0.05) is 26.2 Å². The Bertz CT molecular complexity index is 1070. The Morgan fingerprint density at radius 3 is 2.04 bits per heavy atom. The number of rotatable bonds is 3. The highest BCUT2D eigenvalue weighted by Gasteiger charge is 2.29. The summed E-state index contributed by atoms with van der Waals surface area (Å²) >= 11 is 0. The quantitative estimate of drug-likeness (QED) is 0.697. The largest absolute Gasteiger partial charge is 0.352 e. The van der Waals surface area contributed by atoms with Crippen LogP contribution in [0.3, 0.4) is 0 Å². The second kappa shape index (κ2) is 6.90. The zero-order valence-electron chi connectivity index (χ0n) is 15.5. The second-order valence-electron chi connectivity index (χ2n) is 6.83. The van der Waals surface area contributed by atoms with E-state index in [4.69, 9.17) is 4.98 Å². The lowest BCUT2D eigenvalue weighted by atomic mass is 10.2. The van der Waals surface area contributed by atoms with E-state index in [1.807, 2.05) is 50.2 Å². The summed E-state index contributed by atoms with van der Waals surface area (Å²) in [5, 5.41) is 0. The summed E-state index contributed by atoms with van der Waals surface area (Å²) in [6.07, 6.45) is 0. The third-order valence-corrected chi connectivity index (χ3v) is 6.83. The molecule has 1 fully saturated rings. The number of hydrogen-bond acceptors (Lipinski definition) is 5. The van der Waals surface area contributed by atoms with E-state index in [1.165, 1.54) is 0 Å². The van der Waals surface area contributed by atoms with Crippen molar-refractivity contribution < 1.29 is 8.42 Å². The fourth-order valence-electron chi connectivity index (χ4n) is 3.38. The Balaban J connectivity index is 1.54. The number of nitrogens with zero attached hydrogens (tertiary/aromatic N) is 4. The molecule has 4 rings (SSSR count). The van der Waals surface area contributed by atoms with Crippen molar-refractivity contribution in [3.8, 4) is 0 Å². The summed E-state index contributed by atoms with van der Waals surface area (Å²) in [4.78, 5) is 11.9. The molecular weight excluding hydrogens is 360 g/mol. The molecule has 0 N–H and O–H groups in total. The summed E-state index contributed by atoms with van der Waals surface area (Å²) < 4.78 is 27.3. The van der Waals surface area contributed by atoms with Crippen LogP contribution in [0.15, 0.2) is 53.4 Å². The molecule has 3 aromatic rings. The zero-order valence-corrected chi connectivity index (χ0v) is 16.3. The van der Waals surface area contributed by atoms with Crippen LogP contribution in [0.5, 0.6) is 0 Å². The molecule has 0 aliphatic carbocycles. The SMILES string of the molecule is Cc1ccc(S(=O)(=O)N2CCN(c3nc4ccccc4nc3C)CC2)cc1. The average molecular weight is 382 g/mol. The van der Waals surface area contributed by atoms with Crippen molar-refractivity contribution >= 4 is 26.9 Å². The van der Waals surface area contributed by atoms with Gasteiger partial charge in [0.2, 0.25) is 10.0 Å². The van der Waals surface area contributed by atoms with E-state index in [9.17, 15) is 8.42 Å². The minimum atomic E-state index is -3.46. The highest BCUT2D eigenvalue weighted by atomic mass is 32.2. The number of fused-ring (bicyclic) bond motifs is 1. The molecule has 6 nitrogen and oxygen atoms in total.